The number of fused-ring (bicyclic) bond motifs is 3. The van der Waals surface area contributed by atoms with E-state index in [1.54, 1.807) is 0 Å². The summed E-state index contributed by atoms with van der Waals surface area (Å²) in [6.45, 7) is 4.50. The summed E-state index contributed by atoms with van der Waals surface area (Å²) in [7, 11) is 0. The highest BCUT2D eigenvalue weighted by atomic mass is 14.8. The third-order valence-corrected chi connectivity index (χ3v) is 4.28. The molecule has 0 aliphatic carbocycles. The molecule has 0 aliphatic heterocycles. The highest BCUT2D eigenvalue weighted by Gasteiger charge is 2.13. The predicted molar refractivity (Wildman–Crippen MR) is 90.8 cm³/mol. The zero-order valence-electron chi connectivity index (χ0n) is 13.1. The molecule has 2 aromatic heterocycles. The van der Waals surface area contributed by atoms with Crippen LogP contribution in [0.1, 0.15) is 50.8 Å². The van der Waals surface area contributed by atoms with Crippen molar-refractivity contribution < 1.29 is 0 Å². The molecule has 2 heteroatoms. The van der Waals surface area contributed by atoms with Gasteiger partial charge >= 0.3 is 0 Å². The van der Waals surface area contributed by atoms with E-state index < -0.39 is 0 Å². The maximum absolute atomic E-state index is 4.76. The first-order chi connectivity index (χ1) is 10.3. The second-order valence-corrected chi connectivity index (χ2v) is 5.85. The van der Waals surface area contributed by atoms with E-state index in [2.05, 4.69) is 43.1 Å². The average molecular weight is 280 g/mol. The fourth-order valence-corrected chi connectivity index (χ4v) is 3.13. The number of para-hydroxylation sites is 1. The highest BCUT2D eigenvalue weighted by Crippen LogP contribution is 2.30. The van der Waals surface area contributed by atoms with Crippen molar-refractivity contribution in [3.05, 3.63) is 41.7 Å². The van der Waals surface area contributed by atoms with Gasteiger partial charge in [-0.25, -0.2) is 0 Å². The molecule has 3 rings (SSSR count). The summed E-state index contributed by atoms with van der Waals surface area (Å²) >= 11 is 0. The first-order valence-corrected chi connectivity index (χ1v) is 8.22. The third kappa shape index (κ3) is 2.67. The lowest BCUT2D eigenvalue weighted by atomic mass is 9.98. The smallest absolute Gasteiger partial charge is 0.0654 e. The molecule has 0 atom stereocenters. The monoisotopic (exact) mass is 280 g/mol. The van der Waals surface area contributed by atoms with Crippen molar-refractivity contribution in [1.82, 2.24) is 9.97 Å². The van der Waals surface area contributed by atoms with Crippen molar-refractivity contribution in [2.75, 3.05) is 0 Å². The number of rotatable bonds is 6. The van der Waals surface area contributed by atoms with E-state index in [9.17, 15) is 0 Å². The number of hydrogen-bond donors (Lipinski definition) is 1. The van der Waals surface area contributed by atoms with E-state index in [1.807, 2.05) is 6.20 Å². The van der Waals surface area contributed by atoms with Crippen molar-refractivity contribution in [2.45, 2.75) is 52.4 Å². The van der Waals surface area contributed by atoms with Crippen LogP contribution in [0, 0.1) is 0 Å². The fraction of sp³-hybridized carbons (Fsp3) is 0.421. The second kappa shape index (κ2) is 6.30. The Balaban J connectivity index is 2.20. The van der Waals surface area contributed by atoms with Gasteiger partial charge < -0.3 is 4.98 Å². The summed E-state index contributed by atoms with van der Waals surface area (Å²) in [6.07, 6.45) is 9.18. The molecule has 0 aliphatic rings. The van der Waals surface area contributed by atoms with Crippen LogP contribution in [0.5, 0.6) is 0 Å². The Hall–Kier alpha value is -1.83. The summed E-state index contributed by atoms with van der Waals surface area (Å²) < 4.78 is 0. The lowest BCUT2D eigenvalue weighted by molar-refractivity contribution is 0.745. The van der Waals surface area contributed by atoms with Gasteiger partial charge in [0.15, 0.2) is 0 Å². The van der Waals surface area contributed by atoms with E-state index >= 15 is 0 Å². The first-order valence-electron chi connectivity index (χ1n) is 8.22. The van der Waals surface area contributed by atoms with Crippen LogP contribution < -0.4 is 0 Å². The van der Waals surface area contributed by atoms with Crippen LogP contribution in [0.4, 0.5) is 0 Å². The van der Waals surface area contributed by atoms with Crippen molar-refractivity contribution in [1.29, 1.82) is 0 Å². The van der Waals surface area contributed by atoms with Crippen molar-refractivity contribution in [2.24, 2.45) is 0 Å². The maximum Gasteiger partial charge on any atom is 0.0654 e. The normalized spacial score (nSPS) is 11.5. The molecular weight excluding hydrogens is 256 g/mol. The molecule has 0 amide bonds. The molecule has 2 heterocycles. The van der Waals surface area contributed by atoms with Crippen LogP contribution >= 0.6 is 0 Å². The zero-order chi connectivity index (χ0) is 14.7. The molecule has 0 saturated carbocycles. The average Bonchev–Trinajstić information content (AvgIpc) is 2.90. The van der Waals surface area contributed by atoms with Crippen LogP contribution in [-0.4, -0.2) is 9.97 Å². The Morgan fingerprint density at radius 3 is 2.52 bits per heavy atom. The van der Waals surface area contributed by atoms with Crippen LogP contribution in [0.15, 0.2) is 30.5 Å². The number of benzene rings is 1. The van der Waals surface area contributed by atoms with Crippen LogP contribution in [0.25, 0.3) is 21.8 Å². The zero-order valence-corrected chi connectivity index (χ0v) is 13.1. The first kappa shape index (κ1) is 14.1. The van der Waals surface area contributed by atoms with Gasteiger partial charge in [-0.05, 0) is 37.3 Å². The topological polar surface area (TPSA) is 28.7 Å². The van der Waals surface area contributed by atoms with Gasteiger partial charge in [0.25, 0.3) is 0 Å². The van der Waals surface area contributed by atoms with Gasteiger partial charge in [-0.15, -0.1) is 0 Å². The van der Waals surface area contributed by atoms with Crippen molar-refractivity contribution in [3.63, 3.8) is 0 Å². The molecule has 0 unspecified atom stereocenters. The van der Waals surface area contributed by atoms with Gasteiger partial charge in [0.05, 0.1) is 11.7 Å². The Bertz CT molecular complexity index is 740. The number of aryl methyl sites for hydroxylation is 2. The molecule has 0 spiro atoms. The fourth-order valence-electron chi connectivity index (χ4n) is 3.13. The molecule has 0 fully saturated rings. The quantitative estimate of drug-likeness (QED) is 0.643. The number of aromatic amines is 1. The minimum atomic E-state index is 1.10. The highest BCUT2D eigenvalue weighted by molar-refractivity contribution is 6.08. The standard InChI is InChI=1S/C19H24N2/c1-3-5-9-14-16(11-6-4-2)20-13-18-19(14)15-10-7-8-12-17(15)21-18/h7-8,10,12-13,21H,3-6,9,11H2,1-2H3. The van der Waals surface area contributed by atoms with Crippen LogP contribution in [-0.2, 0) is 12.8 Å². The predicted octanol–water partition coefficient (Wildman–Crippen LogP) is 5.40. The lowest BCUT2D eigenvalue weighted by Crippen LogP contribution is -1.99. The second-order valence-electron chi connectivity index (χ2n) is 5.85. The van der Waals surface area contributed by atoms with Gasteiger partial charge in [0, 0.05) is 22.0 Å². The Kier molecular flexibility index (Phi) is 4.23. The van der Waals surface area contributed by atoms with Gasteiger partial charge in [0.1, 0.15) is 0 Å². The number of aromatic nitrogens is 2. The Labute approximate surface area is 126 Å². The SMILES string of the molecule is CCCCc1ncc2[nH]c3ccccc3c2c1CCCC. The number of H-pyrrole nitrogens is 1. The number of unbranched alkanes of at least 4 members (excludes halogenated alkanes) is 2. The van der Waals surface area contributed by atoms with E-state index in [0.717, 1.165) is 12.8 Å². The summed E-state index contributed by atoms with van der Waals surface area (Å²) in [5, 5.41) is 2.75. The van der Waals surface area contributed by atoms with Gasteiger partial charge in [-0.1, -0.05) is 44.9 Å². The molecule has 0 saturated heterocycles. The Morgan fingerprint density at radius 1 is 0.952 bits per heavy atom. The van der Waals surface area contributed by atoms with Crippen LogP contribution in [0.3, 0.4) is 0 Å². The van der Waals surface area contributed by atoms with Gasteiger partial charge in [-0.3, -0.25) is 4.98 Å². The van der Waals surface area contributed by atoms with Gasteiger partial charge in [-0.2, -0.15) is 0 Å². The van der Waals surface area contributed by atoms with E-state index in [0.29, 0.717) is 0 Å². The molecule has 21 heavy (non-hydrogen) atoms. The van der Waals surface area contributed by atoms with E-state index in [-0.39, 0.29) is 0 Å². The molecular formula is C19H24N2. The lowest BCUT2D eigenvalue weighted by Gasteiger charge is -2.10. The summed E-state index contributed by atoms with van der Waals surface area (Å²) in [4.78, 5) is 8.28. The molecule has 1 N–H and O–H groups in total. The summed E-state index contributed by atoms with van der Waals surface area (Å²) in [5.41, 5.74) is 5.19. The molecule has 0 bridgehead atoms. The summed E-state index contributed by atoms with van der Waals surface area (Å²) in [5.74, 6) is 0. The number of nitrogens with one attached hydrogen (secondary N) is 1. The molecule has 110 valence electrons. The minimum absolute atomic E-state index is 1.10. The summed E-state index contributed by atoms with van der Waals surface area (Å²) in [6, 6.07) is 8.61. The minimum Gasteiger partial charge on any atom is -0.353 e. The number of hydrogen-bond acceptors (Lipinski definition) is 1. The molecule has 1 aromatic carbocycles. The largest absolute Gasteiger partial charge is 0.353 e. The molecule has 3 aromatic rings. The number of nitrogens with zero attached hydrogens (tertiary/aromatic N) is 1. The number of pyridine rings is 1. The van der Waals surface area contributed by atoms with Crippen LogP contribution in [0.2, 0.25) is 0 Å². The third-order valence-electron chi connectivity index (χ3n) is 4.28. The van der Waals surface area contributed by atoms with E-state index in [1.165, 1.54) is 58.7 Å². The molecule has 2 nitrogen and oxygen atoms in total. The molecule has 0 radical (unpaired) electrons. The van der Waals surface area contributed by atoms with E-state index in [4.69, 9.17) is 4.98 Å². The maximum atomic E-state index is 4.76. The van der Waals surface area contributed by atoms with Gasteiger partial charge in [0.2, 0.25) is 0 Å². The Morgan fingerprint density at radius 2 is 1.71 bits per heavy atom. The van der Waals surface area contributed by atoms with Crippen molar-refractivity contribution >= 4 is 21.8 Å². The van der Waals surface area contributed by atoms with Crippen molar-refractivity contribution in [3.8, 4) is 0 Å².